The summed E-state index contributed by atoms with van der Waals surface area (Å²) < 4.78 is 6.09. The van der Waals surface area contributed by atoms with Gasteiger partial charge >= 0.3 is 0 Å². The number of benzene rings is 1. The molecule has 0 amide bonds. The molecule has 1 saturated heterocycles. The fourth-order valence-electron chi connectivity index (χ4n) is 2.62. The summed E-state index contributed by atoms with van der Waals surface area (Å²) in [5.74, 6) is 4.22. The first-order valence-electron chi connectivity index (χ1n) is 5.93. The summed E-state index contributed by atoms with van der Waals surface area (Å²) in [7, 11) is 0. The van der Waals surface area contributed by atoms with E-state index < -0.39 is 0 Å². The van der Waals surface area contributed by atoms with Gasteiger partial charge in [-0.1, -0.05) is 18.2 Å². The average Bonchev–Trinajstić information content (AvgIpc) is 2.82. The number of fused-ring (bicyclic) bond motifs is 1. The molecule has 2 nitrogen and oxygen atoms in total. The molecule has 2 unspecified atom stereocenters. The number of thioether (sulfide) groups is 1. The molecule has 3 rings (SSSR count). The number of hydrogen-bond acceptors (Lipinski definition) is 3. The number of ether oxygens (including phenoxy) is 1. The van der Waals surface area contributed by atoms with E-state index >= 15 is 0 Å². The van der Waals surface area contributed by atoms with Crippen molar-refractivity contribution in [3.05, 3.63) is 29.8 Å². The summed E-state index contributed by atoms with van der Waals surface area (Å²) in [6.45, 7) is 0. The van der Waals surface area contributed by atoms with Gasteiger partial charge in [-0.15, -0.1) is 0 Å². The Kier molecular flexibility index (Phi) is 2.82. The molecule has 1 fully saturated rings. The first kappa shape index (κ1) is 10.5. The van der Waals surface area contributed by atoms with E-state index in [1.165, 1.54) is 23.5 Å². The van der Waals surface area contributed by atoms with Crippen LogP contribution in [-0.4, -0.2) is 17.6 Å². The molecule has 0 radical (unpaired) electrons. The molecule has 2 aliphatic heterocycles. The zero-order valence-corrected chi connectivity index (χ0v) is 10.1. The minimum absolute atomic E-state index is 0.153. The Bertz CT molecular complexity index is 376. The van der Waals surface area contributed by atoms with E-state index in [9.17, 15) is 0 Å². The third-order valence-electron chi connectivity index (χ3n) is 3.57. The third-order valence-corrected chi connectivity index (χ3v) is 4.76. The number of hydrogen-bond donors (Lipinski definition) is 1. The summed E-state index contributed by atoms with van der Waals surface area (Å²) >= 11 is 2.04. The van der Waals surface area contributed by atoms with Gasteiger partial charge in [0.05, 0.1) is 0 Å². The largest absolute Gasteiger partial charge is 0.490 e. The van der Waals surface area contributed by atoms with Crippen LogP contribution in [0.25, 0.3) is 0 Å². The highest BCUT2D eigenvalue weighted by atomic mass is 32.2. The molecule has 0 saturated carbocycles. The van der Waals surface area contributed by atoms with E-state index in [2.05, 4.69) is 6.07 Å². The van der Waals surface area contributed by atoms with E-state index in [1.807, 2.05) is 30.0 Å². The molecule has 1 aromatic rings. The van der Waals surface area contributed by atoms with Crippen molar-refractivity contribution in [3.8, 4) is 5.75 Å². The van der Waals surface area contributed by atoms with Crippen molar-refractivity contribution < 1.29 is 4.74 Å². The highest BCUT2D eigenvalue weighted by Gasteiger charge is 2.33. The van der Waals surface area contributed by atoms with E-state index in [1.54, 1.807) is 0 Å². The molecule has 2 aliphatic rings. The molecule has 0 aliphatic carbocycles. The van der Waals surface area contributed by atoms with Crippen LogP contribution in [0.2, 0.25) is 0 Å². The maximum absolute atomic E-state index is 6.22. The standard InChI is InChI=1S/C13H17NOS/c14-11-7-13(9-5-6-16-8-9)15-12-4-2-1-3-10(11)12/h1-4,9,11,13H,5-8,14H2/t9?,11-,13?/m1/s1. The van der Waals surface area contributed by atoms with Gasteiger partial charge in [-0.25, -0.2) is 0 Å². The molecule has 0 spiro atoms. The van der Waals surface area contributed by atoms with Crippen molar-refractivity contribution in [1.82, 2.24) is 0 Å². The predicted molar refractivity (Wildman–Crippen MR) is 67.8 cm³/mol. The Balaban J connectivity index is 1.83. The summed E-state index contributed by atoms with van der Waals surface area (Å²) in [4.78, 5) is 0. The Morgan fingerprint density at radius 2 is 2.19 bits per heavy atom. The Labute approximate surface area is 101 Å². The first-order valence-corrected chi connectivity index (χ1v) is 7.09. The van der Waals surface area contributed by atoms with Gasteiger partial charge < -0.3 is 10.5 Å². The lowest BCUT2D eigenvalue weighted by Crippen LogP contribution is -2.35. The summed E-state index contributed by atoms with van der Waals surface area (Å²) in [6, 6.07) is 8.34. The molecule has 16 heavy (non-hydrogen) atoms. The molecule has 86 valence electrons. The van der Waals surface area contributed by atoms with E-state index in [0.29, 0.717) is 12.0 Å². The zero-order valence-electron chi connectivity index (χ0n) is 9.26. The van der Waals surface area contributed by atoms with Crippen molar-refractivity contribution in [1.29, 1.82) is 0 Å². The SMILES string of the molecule is N[C@@H]1CC(C2CCSC2)Oc2ccccc21. The molecule has 3 atom stereocenters. The van der Waals surface area contributed by atoms with E-state index in [-0.39, 0.29) is 6.04 Å². The highest BCUT2D eigenvalue weighted by molar-refractivity contribution is 7.99. The number of rotatable bonds is 1. The minimum atomic E-state index is 0.153. The summed E-state index contributed by atoms with van der Waals surface area (Å²) in [5.41, 5.74) is 7.39. The molecular formula is C13H17NOS. The van der Waals surface area contributed by atoms with Crippen LogP contribution in [0.15, 0.2) is 24.3 Å². The van der Waals surface area contributed by atoms with Crippen LogP contribution in [0.1, 0.15) is 24.4 Å². The van der Waals surface area contributed by atoms with Crippen LogP contribution in [0.3, 0.4) is 0 Å². The lowest BCUT2D eigenvalue weighted by molar-refractivity contribution is 0.110. The first-order chi connectivity index (χ1) is 7.84. The van der Waals surface area contributed by atoms with Crippen LogP contribution in [0, 0.1) is 5.92 Å². The van der Waals surface area contributed by atoms with Gasteiger partial charge in [0.15, 0.2) is 0 Å². The van der Waals surface area contributed by atoms with Crippen LogP contribution in [0.4, 0.5) is 0 Å². The average molecular weight is 235 g/mol. The van der Waals surface area contributed by atoms with Crippen LogP contribution in [-0.2, 0) is 0 Å². The predicted octanol–water partition coefficient (Wildman–Crippen LogP) is 2.59. The number of nitrogens with two attached hydrogens (primary N) is 1. The van der Waals surface area contributed by atoms with Crippen molar-refractivity contribution >= 4 is 11.8 Å². The fraction of sp³-hybridized carbons (Fsp3) is 0.538. The van der Waals surface area contributed by atoms with Gasteiger partial charge in [0.2, 0.25) is 0 Å². The number of para-hydroxylation sites is 1. The Morgan fingerprint density at radius 3 is 3.00 bits per heavy atom. The topological polar surface area (TPSA) is 35.2 Å². The zero-order chi connectivity index (χ0) is 11.0. The Morgan fingerprint density at radius 1 is 1.31 bits per heavy atom. The molecular weight excluding hydrogens is 218 g/mol. The second kappa shape index (κ2) is 4.30. The van der Waals surface area contributed by atoms with Crippen molar-refractivity contribution in [2.24, 2.45) is 11.7 Å². The maximum atomic E-state index is 6.22. The van der Waals surface area contributed by atoms with Crippen LogP contribution < -0.4 is 10.5 Å². The smallest absolute Gasteiger partial charge is 0.124 e. The normalized spacial score (nSPS) is 33.2. The van der Waals surface area contributed by atoms with Gasteiger partial charge in [0.25, 0.3) is 0 Å². The molecule has 0 bridgehead atoms. The monoisotopic (exact) mass is 235 g/mol. The van der Waals surface area contributed by atoms with Gasteiger partial charge in [-0.2, -0.15) is 11.8 Å². The lowest BCUT2D eigenvalue weighted by Gasteiger charge is -2.33. The second-order valence-electron chi connectivity index (χ2n) is 4.66. The fourth-order valence-corrected chi connectivity index (χ4v) is 3.94. The van der Waals surface area contributed by atoms with Gasteiger partial charge in [0, 0.05) is 23.9 Å². The lowest BCUT2D eigenvalue weighted by atomic mass is 9.90. The molecule has 0 aromatic heterocycles. The summed E-state index contributed by atoms with van der Waals surface area (Å²) in [5, 5.41) is 0. The van der Waals surface area contributed by atoms with Crippen molar-refractivity contribution in [3.63, 3.8) is 0 Å². The summed E-state index contributed by atoms with van der Waals surface area (Å²) in [6.07, 6.45) is 2.59. The maximum Gasteiger partial charge on any atom is 0.124 e. The van der Waals surface area contributed by atoms with E-state index in [4.69, 9.17) is 10.5 Å². The third kappa shape index (κ3) is 1.82. The quantitative estimate of drug-likeness (QED) is 0.812. The highest BCUT2D eigenvalue weighted by Crippen LogP contribution is 2.38. The van der Waals surface area contributed by atoms with Gasteiger partial charge in [0.1, 0.15) is 11.9 Å². The van der Waals surface area contributed by atoms with Crippen LogP contribution >= 0.6 is 11.8 Å². The van der Waals surface area contributed by atoms with Crippen LogP contribution in [0.5, 0.6) is 5.75 Å². The molecule has 1 aromatic carbocycles. The second-order valence-corrected chi connectivity index (χ2v) is 5.81. The molecule has 3 heteroatoms. The van der Waals surface area contributed by atoms with Gasteiger partial charge in [-0.3, -0.25) is 0 Å². The van der Waals surface area contributed by atoms with E-state index in [0.717, 1.165) is 12.2 Å². The van der Waals surface area contributed by atoms with Gasteiger partial charge in [-0.05, 0) is 24.0 Å². The molecule has 2 N–H and O–H groups in total. The Hall–Kier alpha value is -0.670. The van der Waals surface area contributed by atoms with Crippen molar-refractivity contribution in [2.75, 3.05) is 11.5 Å². The molecule has 2 heterocycles. The minimum Gasteiger partial charge on any atom is -0.490 e. The van der Waals surface area contributed by atoms with Crippen molar-refractivity contribution in [2.45, 2.75) is 25.0 Å².